The standard InChI is InChI=1S/C23H26N4O2/c1-14-10-21(28-3)22-23(24-14)27(15(2)25-22)13-16-4-5-19-18(11-16)12-20(26-19)17-6-8-29-9-7-17/h4-5,10-12,17,26H,6-9,13H2,1-3H3. The maximum atomic E-state index is 5.52. The van der Waals surface area contributed by atoms with Gasteiger partial charge < -0.3 is 19.0 Å². The number of imidazole rings is 1. The number of pyridine rings is 1. The van der Waals surface area contributed by atoms with Gasteiger partial charge in [-0.15, -0.1) is 0 Å². The summed E-state index contributed by atoms with van der Waals surface area (Å²) in [4.78, 5) is 13.0. The second-order valence-corrected chi connectivity index (χ2v) is 7.92. The molecule has 1 fully saturated rings. The van der Waals surface area contributed by atoms with E-state index in [1.165, 1.54) is 22.2 Å². The molecule has 0 bridgehead atoms. The van der Waals surface area contributed by atoms with Crippen molar-refractivity contribution in [1.29, 1.82) is 0 Å². The molecule has 0 unspecified atom stereocenters. The highest BCUT2D eigenvalue weighted by molar-refractivity contribution is 5.82. The molecule has 1 aliphatic heterocycles. The fourth-order valence-corrected chi connectivity index (χ4v) is 4.35. The average Bonchev–Trinajstić information content (AvgIpc) is 3.29. The maximum Gasteiger partial charge on any atom is 0.164 e. The number of nitrogens with zero attached hydrogens (tertiary/aromatic N) is 3. The summed E-state index contributed by atoms with van der Waals surface area (Å²) >= 11 is 0. The predicted molar refractivity (Wildman–Crippen MR) is 114 cm³/mol. The lowest BCUT2D eigenvalue weighted by Crippen LogP contribution is -2.14. The average molecular weight is 390 g/mol. The number of nitrogens with one attached hydrogen (secondary N) is 1. The molecule has 0 aliphatic carbocycles. The van der Waals surface area contributed by atoms with Crippen LogP contribution < -0.4 is 4.74 Å². The van der Waals surface area contributed by atoms with Crippen molar-refractivity contribution in [2.24, 2.45) is 0 Å². The molecule has 6 heteroatoms. The minimum atomic E-state index is 0.569. The van der Waals surface area contributed by atoms with E-state index in [0.717, 1.165) is 61.0 Å². The Labute approximate surface area is 169 Å². The summed E-state index contributed by atoms with van der Waals surface area (Å²) in [7, 11) is 1.68. The van der Waals surface area contributed by atoms with Crippen molar-refractivity contribution in [3.05, 3.63) is 53.1 Å². The number of rotatable bonds is 4. The third-order valence-electron chi connectivity index (χ3n) is 5.92. The Bertz CT molecular complexity index is 1180. The van der Waals surface area contributed by atoms with Crippen LogP contribution in [0.5, 0.6) is 5.75 Å². The van der Waals surface area contributed by atoms with Crippen molar-refractivity contribution in [1.82, 2.24) is 19.5 Å². The largest absolute Gasteiger partial charge is 0.494 e. The lowest BCUT2D eigenvalue weighted by atomic mass is 9.96. The van der Waals surface area contributed by atoms with Crippen LogP contribution in [0, 0.1) is 13.8 Å². The zero-order valence-electron chi connectivity index (χ0n) is 17.2. The first-order valence-corrected chi connectivity index (χ1v) is 10.2. The number of hydrogen-bond acceptors (Lipinski definition) is 4. The van der Waals surface area contributed by atoms with Crippen molar-refractivity contribution in [3.8, 4) is 5.75 Å². The molecular weight excluding hydrogens is 364 g/mol. The van der Waals surface area contributed by atoms with Gasteiger partial charge in [-0.25, -0.2) is 9.97 Å². The topological polar surface area (TPSA) is 65.0 Å². The lowest BCUT2D eigenvalue weighted by Gasteiger charge is -2.20. The molecule has 29 heavy (non-hydrogen) atoms. The first kappa shape index (κ1) is 18.2. The van der Waals surface area contributed by atoms with Crippen LogP contribution in [0.4, 0.5) is 0 Å². The van der Waals surface area contributed by atoms with Crippen LogP contribution in [-0.2, 0) is 11.3 Å². The normalized spacial score (nSPS) is 15.4. The minimum absolute atomic E-state index is 0.569. The van der Waals surface area contributed by atoms with Crippen LogP contribution in [0.2, 0.25) is 0 Å². The van der Waals surface area contributed by atoms with Crippen molar-refractivity contribution in [2.75, 3.05) is 20.3 Å². The Hall–Kier alpha value is -2.86. The summed E-state index contributed by atoms with van der Waals surface area (Å²) in [5.41, 5.74) is 6.37. The Morgan fingerprint density at radius 2 is 1.97 bits per heavy atom. The van der Waals surface area contributed by atoms with Gasteiger partial charge in [0.2, 0.25) is 0 Å². The van der Waals surface area contributed by atoms with Crippen molar-refractivity contribution in [3.63, 3.8) is 0 Å². The number of benzene rings is 1. The van der Waals surface area contributed by atoms with E-state index in [4.69, 9.17) is 19.4 Å². The van der Waals surface area contributed by atoms with E-state index in [-0.39, 0.29) is 0 Å². The van der Waals surface area contributed by atoms with Gasteiger partial charge >= 0.3 is 0 Å². The van der Waals surface area contributed by atoms with E-state index in [0.29, 0.717) is 5.92 Å². The lowest BCUT2D eigenvalue weighted by molar-refractivity contribution is 0.0846. The number of fused-ring (bicyclic) bond motifs is 2. The van der Waals surface area contributed by atoms with Gasteiger partial charge in [0.15, 0.2) is 5.65 Å². The molecule has 0 atom stereocenters. The number of H-pyrrole nitrogens is 1. The molecule has 5 rings (SSSR count). The molecule has 1 aliphatic rings. The smallest absolute Gasteiger partial charge is 0.164 e. The zero-order chi connectivity index (χ0) is 20.0. The molecule has 1 saturated heterocycles. The van der Waals surface area contributed by atoms with Crippen LogP contribution >= 0.6 is 0 Å². The fraction of sp³-hybridized carbons (Fsp3) is 0.391. The highest BCUT2D eigenvalue weighted by Crippen LogP contribution is 2.30. The third-order valence-corrected chi connectivity index (χ3v) is 5.92. The molecule has 1 aromatic carbocycles. The Morgan fingerprint density at radius 3 is 2.76 bits per heavy atom. The second-order valence-electron chi connectivity index (χ2n) is 7.92. The first-order chi connectivity index (χ1) is 14.1. The van der Waals surface area contributed by atoms with Crippen molar-refractivity contribution in [2.45, 2.75) is 39.2 Å². The molecule has 3 aromatic heterocycles. The van der Waals surface area contributed by atoms with E-state index in [2.05, 4.69) is 33.8 Å². The van der Waals surface area contributed by atoms with Crippen LogP contribution in [-0.4, -0.2) is 39.8 Å². The van der Waals surface area contributed by atoms with Gasteiger partial charge in [0, 0.05) is 42.1 Å². The molecule has 150 valence electrons. The fourth-order valence-electron chi connectivity index (χ4n) is 4.35. The monoisotopic (exact) mass is 390 g/mol. The molecule has 1 N–H and O–H groups in total. The van der Waals surface area contributed by atoms with Crippen LogP contribution in [0.15, 0.2) is 30.3 Å². The number of aromatic nitrogens is 4. The summed E-state index contributed by atoms with van der Waals surface area (Å²) in [5.74, 6) is 2.28. The summed E-state index contributed by atoms with van der Waals surface area (Å²) in [5, 5.41) is 1.26. The van der Waals surface area contributed by atoms with Crippen LogP contribution in [0.1, 0.15) is 41.5 Å². The number of methoxy groups -OCH3 is 1. The molecular formula is C23H26N4O2. The van der Waals surface area contributed by atoms with Gasteiger partial charge in [0.1, 0.15) is 17.1 Å². The molecule has 0 radical (unpaired) electrons. The highest BCUT2D eigenvalue weighted by atomic mass is 16.5. The predicted octanol–water partition coefficient (Wildman–Crippen LogP) is 4.48. The van der Waals surface area contributed by atoms with Gasteiger partial charge in [-0.05, 0) is 55.8 Å². The second kappa shape index (κ2) is 7.19. The summed E-state index contributed by atoms with van der Waals surface area (Å²) in [6.45, 7) is 6.45. The molecule has 4 heterocycles. The highest BCUT2D eigenvalue weighted by Gasteiger charge is 2.18. The summed E-state index contributed by atoms with van der Waals surface area (Å²) < 4.78 is 13.2. The summed E-state index contributed by atoms with van der Waals surface area (Å²) in [6.07, 6.45) is 2.18. The van der Waals surface area contributed by atoms with E-state index in [1.54, 1.807) is 7.11 Å². The van der Waals surface area contributed by atoms with E-state index < -0.39 is 0 Å². The maximum absolute atomic E-state index is 5.52. The molecule has 0 spiro atoms. The zero-order valence-corrected chi connectivity index (χ0v) is 17.2. The van der Waals surface area contributed by atoms with Gasteiger partial charge in [0.25, 0.3) is 0 Å². The Balaban J connectivity index is 1.50. The van der Waals surface area contributed by atoms with Gasteiger partial charge in [0.05, 0.1) is 13.7 Å². The SMILES string of the molecule is COc1cc(C)nc2c1nc(C)n2Cc1ccc2[nH]c(C3CCOCC3)cc2c1. The van der Waals surface area contributed by atoms with Crippen LogP contribution in [0.25, 0.3) is 22.1 Å². The van der Waals surface area contributed by atoms with Gasteiger partial charge in [-0.1, -0.05) is 6.07 Å². The Morgan fingerprint density at radius 1 is 1.14 bits per heavy atom. The van der Waals surface area contributed by atoms with Gasteiger partial charge in [-0.2, -0.15) is 0 Å². The van der Waals surface area contributed by atoms with Crippen molar-refractivity contribution >= 4 is 22.1 Å². The quantitative estimate of drug-likeness (QED) is 0.558. The van der Waals surface area contributed by atoms with E-state index >= 15 is 0 Å². The first-order valence-electron chi connectivity index (χ1n) is 10.2. The molecule has 4 aromatic rings. The molecule has 6 nitrogen and oxygen atoms in total. The Kier molecular flexibility index (Phi) is 4.51. The number of aryl methyl sites for hydroxylation is 2. The van der Waals surface area contributed by atoms with Gasteiger partial charge in [-0.3, -0.25) is 0 Å². The molecule has 0 amide bonds. The molecule has 0 saturated carbocycles. The number of hydrogen-bond donors (Lipinski definition) is 1. The van der Waals surface area contributed by atoms with Crippen LogP contribution in [0.3, 0.4) is 0 Å². The minimum Gasteiger partial charge on any atom is -0.494 e. The van der Waals surface area contributed by atoms with E-state index in [1.807, 2.05) is 19.9 Å². The summed E-state index contributed by atoms with van der Waals surface area (Å²) in [6, 6.07) is 10.9. The number of ether oxygens (including phenoxy) is 2. The third kappa shape index (κ3) is 3.27. The van der Waals surface area contributed by atoms with Crippen molar-refractivity contribution < 1.29 is 9.47 Å². The number of aromatic amines is 1. The van der Waals surface area contributed by atoms with E-state index in [9.17, 15) is 0 Å².